The van der Waals surface area contributed by atoms with Crippen molar-refractivity contribution < 1.29 is 14.3 Å². The zero-order valence-corrected chi connectivity index (χ0v) is 9.81. The van der Waals surface area contributed by atoms with Crippen molar-refractivity contribution in [3.8, 4) is 0 Å². The Balaban J connectivity index is 2.12. The minimum absolute atomic E-state index is 0.0771. The highest BCUT2D eigenvalue weighted by atomic mass is 16.5. The first-order valence-corrected chi connectivity index (χ1v) is 5.47. The Morgan fingerprint density at radius 2 is 2.29 bits per heavy atom. The van der Waals surface area contributed by atoms with Crippen molar-refractivity contribution in [1.82, 2.24) is 10.3 Å². The number of amides is 1. The van der Waals surface area contributed by atoms with Crippen molar-refractivity contribution in [2.75, 3.05) is 13.2 Å². The Bertz CT molecular complexity index is 365. The van der Waals surface area contributed by atoms with E-state index in [1.807, 2.05) is 6.07 Å². The molecule has 1 heterocycles. The molecule has 0 aliphatic rings. The largest absolute Gasteiger partial charge is 0.465 e. The van der Waals surface area contributed by atoms with Crippen LogP contribution in [0.4, 0.5) is 0 Å². The molecule has 17 heavy (non-hydrogen) atoms. The number of rotatable bonds is 6. The van der Waals surface area contributed by atoms with Crippen LogP contribution in [0.25, 0.3) is 0 Å². The molecular weight excluding hydrogens is 220 g/mol. The number of nitrogens with zero attached hydrogens (tertiary/aromatic N) is 1. The number of carbonyl (C=O) groups is 2. The quantitative estimate of drug-likeness (QED) is 0.583. The average molecular weight is 236 g/mol. The average Bonchev–Trinajstić information content (AvgIpc) is 2.29. The number of hydrogen-bond donors (Lipinski definition) is 1. The monoisotopic (exact) mass is 236 g/mol. The first-order valence-electron chi connectivity index (χ1n) is 5.47. The minimum Gasteiger partial charge on any atom is -0.465 e. The molecule has 92 valence electrons. The number of pyridine rings is 1. The van der Waals surface area contributed by atoms with E-state index in [0.717, 1.165) is 5.56 Å². The van der Waals surface area contributed by atoms with E-state index in [4.69, 9.17) is 4.74 Å². The Morgan fingerprint density at radius 3 is 2.94 bits per heavy atom. The number of aromatic nitrogens is 1. The lowest BCUT2D eigenvalue weighted by Gasteiger charge is -2.05. The highest BCUT2D eigenvalue weighted by Gasteiger charge is 2.04. The van der Waals surface area contributed by atoms with Gasteiger partial charge in [-0.3, -0.25) is 14.6 Å². The summed E-state index contributed by atoms with van der Waals surface area (Å²) in [6.45, 7) is 2.29. The van der Waals surface area contributed by atoms with Gasteiger partial charge in [0.15, 0.2) is 0 Å². The molecule has 0 aliphatic heterocycles. The molecule has 1 aromatic rings. The molecule has 0 atom stereocenters. The van der Waals surface area contributed by atoms with Gasteiger partial charge >= 0.3 is 5.97 Å². The van der Waals surface area contributed by atoms with Crippen LogP contribution in [0, 0.1) is 0 Å². The zero-order valence-electron chi connectivity index (χ0n) is 9.81. The van der Waals surface area contributed by atoms with Gasteiger partial charge in [0.1, 0.15) is 0 Å². The minimum atomic E-state index is -0.277. The van der Waals surface area contributed by atoms with Crippen molar-refractivity contribution in [1.29, 1.82) is 0 Å². The van der Waals surface area contributed by atoms with Crippen LogP contribution < -0.4 is 5.32 Å². The van der Waals surface area contributed by atoms with E-state index >= 15 is 0 Å². The van der Waals surface area contributed by atoms with Gasteiger partial charge in [0.25, 0.3) is 0 Å². The van der Waals surface area contributed by atoms with Crippen molar-refractivity contribution >= 4 is 11.9 Å². The van der Waals surface area contributed by atoms with Gasteiger partial charge in [0, 0.05) is 25.9 Å². The lowest BCUT2D eigenvalue weighted by Crippen LogP contribution is -2.22. The number of carbonyl (C=O) groups excluding carboxylic acids is 2. The Kier molecular flexibility index (Phi) is 5.71. The van der Waals surface area contributed by atoms with Crippen LogP contribution in [0.15, 0.2) is 24.5 Å². The molecule has 1 amide bonds. The van der Waals surface area contributed by atoms with Crippen LogP contribution in [0.3, 0.4) is 0 Å². The third-order valence-electron chi connectivity index (χ3n) is 2.03. The Labute approximate surface area is 100 Å². The van der Waals surface area contributed by atoms with Crippen LogP contribution in [0.5, 0.6) is 0 Å². The topological polar surface area (TPSA) is 68.3 Å². The number of ether oxygens (including phenoxy) is 1. The van der Waals surface area contributed by atoms with Gasteiger partial charge in [-0.2, -0.15) is 0 Å². The standard InChI is InChI=1S/C12H16N2O3/c1-10(15)14-6-3-7-17-12(16)8-11-4-2-5-13-9-11/h2,4-5,9H,3,6-8H2,1H3,(H,14,15). The first kappa shape index (κ1) is 13.2. The Morgan fingerprint density at radius 1 is 1.47 bits per heavy atom. The molecule has 0 spiro atoms. The summed E-state index contributed by atoms with van der Waals surface area (Å²) in [5.74, 6) is -0.354. The van der Waals surface area contributed by atoms with Gasteiger partial charge in [-0.1, -0.05) is 6.07 Å². The van der Waals surface area contributed by atoms with Crippen LogP contribution in [-0.4, -0.2) is 30.0 Å². The number of esters is 1. The van der Waals surface area contributed by atoms with Gasteiger partial charge in [-0.15, -0.1) is 0 Å². The fraction of sp³-hybridized carbons (Fsp3) is 0.417. The summed E-state index contributed by atoms with van der Waals surface area (Å²) in [6.07, 6.45) is 4.15. The second kappa shape index (κ2) is 7.38. The highest BCUT2D eigenvalue weighted by Crippen LogP contribution is 1.98. The van der Waals surface area contributed by atoms with Gasteiger partial charge < -0.3 is 10.1 Å². The molecule has 1 N–H and O–H groups in total. The molecule has 0 unspecified atom stereocenters. The maximum Gasteiger partial charge on any atom is 0.310 e. The van der Waals surface area contributed by atoms with E-state index in [9.17, 15) is 9.59 Å². The smallest absolute Gasteiger partial charge is 0.310 e. The molecule has 1 rings (SSSR count). The van der Waals surface area contributed by atoms with Gasteiger partial charge in [-0.05, 0) is 18.1 Å². The normalized spacial score (nSPS) is 9.71. The van der Waals surface area contributed by atoms with Crippen molar-refractivity contribution in [2.45, 2.75) is 19.8 Å². The molecule has 5 heteroatoms. The molecule has 0 aliphatic carbocycles. The molecule has 5 nitrogen and oxygen atoms in total. The van der Waals surface area contributed by atoms with E-state index in [0.29, 0.717) is 19.6 Å². The summed E-state index contributed by atoms with van der Waals surface area (Å²) < 4.78 is 5.01. The zero-order chi connectivity index (χ0) is 12.5. The first-order chi connectivity index (χ1) is 8.18. The van der Waals surface area contributed by atoms with Crippen LogP contribution in [0.1, 0.15) is 18.9 Å². The predicted molar refractivity (Wildman–Crippen MR) is 62.2 cm³/mol. The second-order valence-electron chi connectivity index (χ2n) is 3.60. The number of nitrogens with one attached hydrogen (secondary N) is 1. The SMILES string of the molecule is CC(=O)NCCCOC(=O)Cc1cccnc1. The fourth-order valence-corrected chi connectivity index (χ4v) is 1.24. The lowest BCUT2D eigenvalue weighted by atomic mass is 10.2. The van der Waals surface area contributed by atoms with E-state index in [-0.39, 0.29) is 18.3 Å². The summed E-state index contributed by atoms with van der Waals surface area (Å²) in [6, 6.07) is 3.60. The number of hydrogen-bond acceptors (Lipinski definition) is 4. The molecule has 0 aromatic carbocycles. The fourth-order valence-electron chi connectivity index (χ4n) is 1.24. The van der Waals surface area contributed by atoms with Crippen LogP contribution in [-0.2, 0) is 20.7 Å². The molecule has 0 saturated heterocycles. The van der Waals surface area contributed by atoms with Crippen molar-refractivity contribution in [3.05, 3.63) is 30.1 Å². The van der Waals surface area contributed by atoms with Gasteiger partial charge in [0.05, 0.1) is 13.0 Å². The van der Waals surface area contributed by atoms with Gasteiger partial charge in [-0.25, -0.2) is 0 Å². The molecule has 1 aromatic heterocycles. The predicted octanol–water partition coefficient (Wildman–Crippen LogP) is 0.693. The third-order valence-corrected chi connectivity index (χ3v) is 2.03. The van der Waals surface area contributed by atoms with Gasteiger partial charge in [0.2, 0.25) is 5.91 Å². The third kappa shape index (κ3) is 6.29. The summed E-state index contributed by atoms with van der Waals surface area (Å²) in [4.78, 5) is 25.8. The maximum atomic E-state index is 11.4. The summed E-state index contributed by atoms with van der Waals surface area (Å²) in [5, 5.41) is 2.63. The van der Waals surface area contributed by atoms with E-state index in [2.05, 4.69) is 10.3 Å². The molecule has 0 saturated carbocycles. The van der Waals surface area contributed by atoms with E-state index < -0.39 is 0 Å². The summed E-state index contributed by atoms with van der Waals surface area (Å²) in [5.41, 5.74) is 0.833. The Hall–Kier alpha value is -1.91. The van der Waals surface area contributed by atoms with E-state index in [1.54, 1.807) is 18.5 Å². The molecule has 0 fully saturated rings. The van der Waals surface area contributed by atoms with Crippen LogP contribution in [0.2, 0.25) is 0 Å². The maximum absolute atomic E-state index is 11.4. The van der Waals surface area contributed by atoms with Crippen LogP contribution >= 0.6 is 0 Å². The lowest BCUT2D eigenvalue weighted by molar-refractivity contribution is -0.142. The summed E-state index contributed by atoms with van der Waals surface area (Å²) >= 11 is 0. The molecule has 0 radical (unpaired) electrons. The van der Waals surface area contributed by atoms with E-state index in [1.165, 1.54) is 6.92 Å². The second-order valence-corrected chi connectivity index (χ2v) is 3.60. The molecule has 0 bridgehead atoms. The summed E-state index contributed by atoms with van der Waals surface area (Å²) in [7, 11) is 0. The molecular formula is C12H16N2O3. The highest BCUT2D eigenvalue weighted by molar-refractivity contribution is 5.73. The van der Waals surface area contributed by atoms with Crippen molar-refractivity contribution in [2.24, 2.45) is 0 Å². The van der Waals surface area contributed by atoms with Crippen molar-refractivity contribution in [3.63, 3.8) is 0 Å².